The van der Waals surface area contributed by atoms with Gasteiger partial charge in [0.05, 0.1) is 13.2 Å². The third kappa shape index (κ3) is 7.14. The smallest absolute Gasteiger partial charge is 0.297 e. The normalized spacial score (nSPS) is 11.7. The monoisotopic (exact) mass is 303 g/mol. The zero-order valence-corrected chi connectivity index (χ0v) is 13.2. The first-order valence-corrected chi connectivity index (χ1v) is 9.16. The highest BCUT2D eigenvalue weighted by molar-refractivity contribution is 7.98. The molecule has 0 saturated carbocycles. The van der Waals surface area contributed by atoms with Gasteiger partial charge in [-0.2, -0.15) is 11.8 Å². The molecule has 0 amide bonds. The van der Waals surface area contributed by atoms with Crippen LogP contribution in [0.2, 0.25) is 0 Å². The van der Waals surface area contributed by atoms with E-state index in [4.69, 9.17) is 9.05 Å². The lowest BCUT2D eigenvalue weighted by Gasteiger charge is -2.17. The summed E-state index contributed by atoms with van der Waals surface area (Å²) in [6.07, 6.45) is 0. The fourth-order valence-corrected chi connectivity index (χ4v) is 3.78. The molecule has 0 aliphatic rings. The average molecular weight is 303 g/mol. The van der Waals surface area contributed by atoms with Crippen LogP contribution in [-0.2, 0) is 19.4 Å². The van der Waals surface area contributed by atoms with Crippen LogP contribution in [0.1, 0.15) is 19.4 Å². The van der Waals surface area contributed by atoms with Gasteiger partial charge >= 0.3 is 7.75 Å². The Morgan fingerprint density at radius 2 is 1.79 bits per heavy atom. The van der Waals surface area contributed by atoms with Crippen molar-refractivity contribution in [2.45, 2.75) is 19.6 Å². The molecule has 19 heavy (non-hydrogen) atoms. The SMILES string of the molecule is CCOP(=O)(NCCSCc1ccccc1)OCC. The third-order valence-corrected chi connectivity index (χ3v) is 5.10. The summed E-state index contributed by atoms with van der Waals surface area (Å²) in [5, 5.41) is 2.87. The fourth-order valence-electron chi connectivity index (χ4n) is 1.49. The van der Waals surface area contributed by atoms with Crippen LogP contribution in [-0.4, -0.2) is 25.5 Å². The molecule has 0 aliphatic carbocycles. The van der Waals surface area contributed by atoms with Gasteiger partial charge in [0.2, 0.25) is 0 Å². The molecule has 0 aromatic heterocycles. The molecular weight excluding hydrogens is 281 g/mol. The second kappa shape index (κ2) is 9.56. The van der Waals surface area contributed by atoms with E-state index in [1.165, 1.54) is 5.56 Å². The van der Waals surface area contributed by atoms with Crippen molar-refractivity contribution in [2.24, 2.45) is 0 Å². The van der Waals surface area contributed by atoms with Crippen LogP contribution < -0.4 is 5.09 Å². The first-order chi connectivity index (χ1) is 9.20. The standard InChI is InChI=1S/C13H22NO3PS/c1-3-16-18(15,17-4-2)14-10-11-19-12-13-8-6-5-7-9-13/h5-9H,3-4,10-12H2,1-2H3,(H,14,15). The Balaban J connectivity index is 2.20. The second-order valence-electron chi connectivity index (χ2n) is 3.78. The lowest BCUT2D eigenvalue weighted by atomic mass is 10.2. The molecule has 0 spiro atoms. The van der Waals surface area contributed by atoms with Crippen molar-refractivity contribution >= 4 is 19.5 Å². The van der Waals surface area contributed by atoms with Crippen molar-refractivity contribution in [1.82, 2.24) is 5.09 Å². The van der Waals surface area contributed by atoms with Crippen LogP contribution in [0.25, 0.3) is 0 Å². The van der Waals surface area contributed by atoms with Gasteiger partial charge in [-0.15, -0.1) is 0 Å². The Labute approximate surface area is 119 Å². The van der Waals surface area contributed by atoms with Crippen molar-refractivity contribution < 1.29 is 13.6 Å². The maximum Gasteiger partial charge on any atom is 0.405 e. The first-order valence-electron chi connectivity index (χ1n) is 6.46. The number of hydrogen-bond acceptors (Lipinski definition) is 4. The van der Waals surface area contributed by atoms with Crippen LogP contribution in [0.3, 0.4) is 0 Å². The summed E-state index contributed by atoms with van der Waals surface area (Å²) in [5.74, 6) is 1.81. The average Bonchev–Trinajstić information content (AvgIpc) is 2.40. The highest BCUT2D eigenvalue weighted by atomic mass is 32.2. The first kappa shape index (κ1) is 16.7. The Hall–Kier alpha value is -0.320. The zero-order chi connectivity index (χ0) is 14.0. The number of hydrogen-bond donors (Lipinski definition) is 1. The minimum atomic E-state index is -3.09. The van der Waals surface area contributed by atoms with Crippen LogP contribution in [0.4, 0.5) is 0 Å². The molecule has 4 nitrogen and oxygen atoms in total. The molecule has 1 aromatic rings. The maximum atomic E-state index is 12.1. The Bertz CT molecular complexity index is 379. The van der Waals surface area contributed by atoms with Gasteiger partial charge in [0, 0.05) is 18.1 Å². The van der Waals surface area contributed by atoms with E-state index in [1.807, 2.05) is 18.2 Å². The van der Waals surface area contributed by atoms with Crippen molar-refractivity contribution in [2.75, 3.05) is 25.5 Å². The Morgan fingerprint density at radius 1 is 1.16 bits per heavy atom. The predicted molar refractivity (Wildman–Crippen MR) is 81.5 cm³/mol. The lowest BCUT2D eigenvalue weighted by Crippen LogP contribution is -2.17. The maximum absolute atomic E-state index is 12.1. The zero-order valence-electron chi connectivity index (χ0n) is 11.5. The fraction of sp³-hybridized carbons (Fsp3) is 0.538. The summed E-state index contributed by atoms with van der Waals surface area (Å²) >= 11 is 1.79. The van der Waals surface area contributed by atoms with Gasteiger partial charge in [-0.25, -0.2) is 9.65 Å². The summed E-state index contributed by atoms with van der Waals surface area (Å²) in [7, 11) is -3.09. The van der Waals surface area contributed by atoms with Crippen molar-refractivity contribution in [3.63, 3.8) is 0 Å². The van der Waals surface area contributed by atoms with E-state index in [1.54, 1.807) is 25.6 Å². The molecule has 0 heterocycles. The van der Waals surface area contributed by atoms with E-state index < -0.39 is 7.75 Å². The highest BCUT2D eigenvalue weighted by Crippen LogP contribution is 2.43. The quantitative estimate of drug-likeness (QED) is 0.527. The minimum absolute atomic E-state index is 0.376. The highest BCUT2D eigenvalue weighted by Gasteiger charge is 2.21. The topological polar surface area (TPSA) is 47.6 Å². The van der Waals surface area contributed by atoms with Crippen LogP contribution in [0.5, 0.6) is 0 Å². The molecule has 108 valence electrons. The van der Waals surface area contributed by atoms with E-state index in [0.29, 0.717) is 19.8 Å². The van der Waals surface area contributed by atoms with Crippen molar-refractivity contribution in [3.8, 4) is 0 Å². The number of nitrogens with one attached hydrogen (secondary N) is 1. The number of benzene rings is 1. The van der Waals surface area contributed by atoms with Gasteiger partial charge in [-0.3, -0.25) is 9.05 Å². The van der Waals surface area contributed by atoms with Crippen molar-refractivity contribution in [1.29, 1.82) is 0 Å². The van der Waals surface area contributed by atoms with E-state index >= 15 is 0 Å². The van der Waals surface area contributed by atoms with Gasteiger partial charge < -0.3 is 0 Å². The third-order valence-electron chi connectivity index (χ3n) is 2.26. The molecule has 0 bridgehead atoms. The predicted octanol–water partition coefficient (Wildman–Crippen LogP) is 3.69. The molecule has 1 rings (SSSR count). The summed E-state index contributed by atoms with van der Waals surface area (Å²) < 4.78 is 22.4. The molecular formula is C13H22NO3PS. The molecule has 0 unspecified atom stereocenters. The molecule has 0 atom stereocenters. The van der Waals surface area contributed by atoms with E-state index in [9.17, 15) is 4.57 Å². The number of thioether (sulfide) groups is 1. The summed E-state index contributed by atoms with van der Waals surface area (Å²) in [6, 6.07) is 10.3. The van der Waals surface area contributed by atoms with Gasteiger partial charge in [0.1, 0.15) is 0 Å². The van der Waals surface area contributed by atoms with Crippen molar-refractivity contribution in [3.05, 3.63) is 35.9 Å². The Kier molecular flexibility index (Phi) is 8.42. The Morgan fingerprint density at radius 3 is 2.37 bits per heavy atom. The number of rotatable bonds is 10. The largest absolute Gasteiger partial charge is 0.405 e. The molecule has 0 saturated heterocycles. The van der Waals surface area contributed by atoms with Gasteiger partial charge in [0.15, 0.2) is 0 Å². The molecule has 6 heteroatoms. The van der Waals surface area contributed by atoms with Crippen LogP contribution >= 0.6 is 19.5 Å². The van der Waals surface area contributed by atoms with Crippen LogP contribution in [0.15, 0.2) is 30.3 Å². The van der Waals surface area contributed by atoms with Gasteiger partial charge in [-0.1, -0.05) is 30.3 Å². The minimum Gasteiger partial charge on any atom is -0.297 e. The summed E-state index contributed by atoms with van der Waals surface area (Å²) in [6.45, 7) is 4.96. The van der Waals surface area contributed by atoms with Gasteiger partial charge in [0.25, 0.3) is 0 Å². The molecule has 0 aliphatic heterocycles. The van der Waals surface area contributed by atoms with Crippen LogP contribution in [0, 0.1) is 0 Å². The van der Waals surface area contributed by atoms with Gasteiger partial charge in [-0.05, 0) is 19.4 Å². The second-order valence-corrected chi connectivity index (χ2v) is 6.71. The molecule has 1 N–H and O–H groups in total. The summed E-state index contributed by atoms with van der Waals surface area (Å²) in [5.41, 5.74) is 1.30. The van der Waals surface area contributed by atoms with E-state index in [2.05, 4.69) is 17.2 Å². The molecule has 1 aromatic carbocycles. The van der Waals surface area contributed by atoms with E-state index in [-0.39, 0.29) is 0 Å². The lowest BCUT2D eigenvalue weighted by molar-refractivity contribution is 0.211. The molecule has 0 fully saturated rings. The van der Waals surface area contributed by atoms with E-state index in [0.717, 1.165) is 11.5 Å². The molecule has 0 radical (unpaired) electrons. The summed E-state index contributed by atoms with van der Waals surface area (Å²) in [4.78, 5) is 0.